The lowest BCUT2D eigenvalue weighted by atomic mass is 9.87. The van der Waals surface area contributed by atoms with Crippen LogP contribution in [0.2, 0.25) is 0 Å². The number of carbonyl (C=O) groups excluding carboxylic acids is 1. The number of aliphatic hydroxyl groups excluding tert-OH is 1. The molecule has 0 radical (unpaired) electrons. The van der Waals surface area contributed by atoms with Crippen molar-refractivity contribution >= 4 is 32.6 Å². The van der Waals surface area contributed by atoms with Crippen molar-refractivity contribution in [2.24, 2.45) is 5.41 Å². The SMILES string of the molecule is CC(C)(C)[C@@H](CO)NC(=O)c1ccc2ccccc2c1Br. The molecule has 1 amide bonds. The molecule has 0 saturated carbocycles. The molecular formula is C17H20BrNO2. The Balaban J connectivity index is 2.34. The van der Waals surface area contributed by atoms with Crippen molar-refractivity contribution in [2.75, 3.05) is 6.61 Å². The molecule has 0 aliphatic heterocycles. The van der Waals surface area contributed by atoms with Gasteiger partial charge in [0.25, 0.3) is 5.91 Å². The van der Waals surface area contributed by atoms with E-state index >= 15 is 0 Å². The topological polar surface area (TPSA) is 49.3 Å². The summed E-state index contributed by atoms with van der Waals surface area (Å²) in [4.78, 5) is 12.5. The molecule has 1 atom stereocenters. The second-order valence-electron chi connectivity index (χ2n) is 6.22. The molecule has 2 aromatic carbocycles. The maximum atomic E-state index is 12.5. The lowest BCUT2D eigenvalue weighted by Gasteiger charge is -2.30. The van der Waals surface area contributed by atoms with Crippen molar-refractivity contribution in [3.63, 3.8) is 0 Å². The van der Waals surface area contributed by atoms with Crippen molar-refractivity contribution in [3.05, 3.63) is 46.4 Å². The summed E-state index contributed by atoms with van der Waals surface area (Å²) in [5.41, 5.74) is 0.379. The number of nitrogens with one attached hydrogen (secondary N) is 1. The van der Waals surface area contributed by atoms with Gasteiger partial charge in [0.1, 0.15) is 0 Å². The van der Waals surface area contributed by atoms with Gasteiger partial charge < -0.3 is 10.4 Å². The monoisotopic (exact) mass is 349 g/mol. The van der Waals surface area contributed by atoms with Gasteiger partial charge in [-0.3, -0.25) is 4.79 Å². The predicted molar refractivity (Wildman–Crippen MR) is 89.4 cm³/mol. The van der Waals surface area contributed by atoms with Gasteiger partial charge in [-0.1, -0.05) is 51.1 Å². The Morgan fingerprint density at radius 1 is 1.24 bits per heavy atom. The molecule has 0 bridgehead atoms. The summed E-state index contributed by atoms with van der Waals surface area (Å²) in [6.07, 6.45) is 0. The van der Waals surface area contributed by atoms with Crippen LogP contribution in [0.5, 0.6) is 0 Å². The van der Waals surface area contributed by atoms with E-state index in [1.54, 1.807) is 6.07 Å². The maximum absolute atomic E-state index is 12.5. The normalized spacial score (nSPS) is 13.2. The van der Waals surface area contributed by atoms with Crippen LogP contribution >= 0.6 is 15.9 Å². The fraction of sp³-hybridized carbons (Fsp3) is 0.353. The van der Waals surface area contributed by atoms with E-state index in [9.17, 15) is 9.90 Å². The number of fused-ring (bicyclic) bond motifs is 1. The molecule has 0 saturated heterocycles. The van der Waals surface area contributed by atoms with Crippen LogP contribution < -0.4 is 5.32 Å². The number of halogens is 1. The van der Waals surface area contributed by atoms with Crippen LogP contribution in [0.15, 0.2) is 40.9 Å². The van der Waals surface area contributed by atoms with Gasteiger partial charge in [-0.15, -0.1) is 0 Å². The van der Waals surface area contributed by atoms with E-state index in [4.69, 9.17) is 0 Å². The number of rotatable bonds is 3. The minimum atomic E-state index is -0.289. The van der Waals surface area contributed by atoms with Gasteiger partial charge in [-0.2, -0.15) is 0 Å². The zero-order valence-corrected chi connectivity index (χ0v) is 14.1. The second-order valence-corrected chi connectivity index (χ2v) is 7.02. The second kappa shape index (κ2) is 6.16. The molecule has 0 unspecified atom stereocenters. The molecule has 2 rings (SSSR count). The highest BCUT2D eigenvalue weighted by Crippen LogP contribution is 2.28. The average molecular weight is 350 g/mol. The minimum absolute atomic E-state index is 0.0829. The number of hydrogen-bond acceptors (Lipinski definition) is 2. The summed E-state index contributed by atoms with van der Waals surface area (Å²) in [6, 6.07) is 11.3. The first kappa shape index (κ1) is 16.0. The number of hydrogen-bond donors (Lipinski definition) is 2. The van der Waals surface area contributed by atoms with Crippen LogP contribution in [0.1, 0.15) is 31.1 Å². The standard InChI is InChI=1S/C17H20BrNO2/c1-17(2,3)14(10-20)19-16(21)13-9-8-11-6-4-5-7-12(11)15(13)18/h4-9,14,20H,10H2,1-3H3,(H,19,21)/t14-/m1/s1. The molecular weight excluding hydrogens is 330 g/mol. The van der Waals surface area contributed by atoms with Gasteiger partial charge in [0.2, 0.25) is 0 Å². The Labute approximate surface area is 133 Å². The molecule has 0 fully saturated rings. The van der Waals surface area contributed by atoms with Crippen molar-refractivity contribution in [1.82, 2.24) is 5.32 Å². The van der Waals surface area contributed by atoms with E-state index in [1.165, 1.54) is 0 Å². The van der Waals surface area contributed by atoms with Crippen LogP contribution in [-0.4, -0.2) is 23.7 Å². The third kappa shape index (κ3) is 3.44. The lowest BCUT2D eigenvalue weighted by molar-refractivity contribution is 0.0847. The van der Waals surface area contributed by atoms with Crippen molar-refractivity contribution in [2.45, 2.75) is 26.8 Å². The Kier molecular flexibility index (Phi) is 4.69. The molecule has 21 heavy (non-hydrogen) atoms. The van der Waals surface area contributed by atoms with Crippen LogP contribution in [-0.2, 0) is 0 Å². The molecule has 2 aromatic rings. The minimum Gasteiger partial charge on any atom is -0.394 e. The number of benzene rings is 2. The van der Waals surface area contributed by atoms with Gasteiger partial charge in [0.05, 0.1) is 18.2 Å². The van der Waals surface area contributed by atoms with Gasteiger partial charge in [-0.25, -0.2) is 0 Å². The van der Waals surface area contributed by atoms with Crippen molar-refractivity contribution in [3.8, 4) is 0 Å². The van der Waals surface area contributed by atoms with E-state index in [0.29, 0.717) is 5.56 Å². The Bertz CT molecular complexity index is 661. The summed E-state index contributed by atoms with van der Waals surface area (Å²) in [7, 11) is 0. The van der Waals surface area contributed by atoms with Gasteiger partial charge in [0, 0.05) is 4.47 Å². The molecule has 0 heterocycles. The summed E-state index contributed by atoms with van der Waals surface area (Å²) in [6.45, 7) is 5.89. The molecule has 3 nitrogen and oxygen atoms in total. The van der Waals surface area contributed by atoms with Crippen molar-refractivity contribution < 1.29 is 9.90 Å². The molecule has 4 heteroatoms. The smallest absolute Gasteiger partial charge is 0.252 e. The van der Waals surface area contributed by atoms with E-state index in [1.807, 2.05) is 51.1 Å². The highest BCUT2D eigenvalue weighted by molar-refractivity contribution is 9.10. The first-order valence-corrected chi connectivity index (χ1v) is 7.73. The number of aliphatic hydroxyl groups is 1. The zero-order valence-electron chi connectivity index (χ0n) is 12.5. The van der Waals surface area contributed by atoms with E-state index in [0.717, 1.165) is 15.2 Å². The van der Waals surface area contributed by atoms with E-state index in [2.05, 4.69) is 21.2 Å². The highest BCUT2D eigenvalue weighted by atomic mass is 79.9. The lowest BCUT2D eigenvalue weighted by Crippen LogP contribution is -2.46. The molecule has 112 valence electrons. The average Bonchev–Trinajstić information content (AvgIpc) is 2.44. The Morgan fingerprint density at radius 3 is 2.52 bits per heavy atom. The number of carbonyl (C=O) groups is 1. The van der Waals surface area contributed by atoms with Crippen LogP contribution in [0.4, 0.5) is 0 Å². The van der Waals surface area contributed by atoms with Gasteiger partial charge >= 0.3 is 0 Å². The summed E-state index contributed by atoms with van der Waals surface area (Å²) < 4.78 is 0.781. The predicted octanol–water partition coefficient (Wildman–Crippen LogP) is 3.74. The van der Waals surface area contributed by atoms with E-state index in [-0.39, 0.29) is 24.0 Å². The van der Waals surface area contributed by atoms with Crippen molar-refractivity contribution in [1.29, 1.82) is 0 Å². The highest BCUT2D eigenvalue weighted by Gasteiger charge is 2.26. The molecule has 0 aromatic heterocycles. The molecule has 0 spiro atoms. The van der Waals surface area contributed by atoms with Gasteiger partial charge in [-0.05, 0) is 38.2 Å². The fourth-order valence-corrected chi connectivity index (χ4v) is 2.85. The Morgan fingerprint density at radius 2 is 1.90 bits per heavy atom. The van der Waals surface area contributed by atoms with Crippen LogP contribution in [0.25, 0.3) is 10.8 Å². The van der Waals surface area contributed by atoms with E-state index < -0.39 is 0 Å². The molecule has 0 aliphatic carbocycles. The molecule has 2 N–H and O–H groups in total. The largest absolute Gasteiger partial charge is 0.394 e. The third-order valence-electron chi connectivity index (χ3n) is 3.64. The first-order chi connectivity index (χ1) is 9.84. The Hall–Kier alpha value is -1.39. The summed E-state index contributed by atoms with van der Waals surface area (Å²) in [5, 5.41) is 14.5. The van der Waals surface area contributed by atoms with Crippen LogP contribution in [0, 0.1) is 5.41 Å². The summed E-state index contributed by atoms with van der Waals surface area (Å²) >= 11 is 3.52. The van der Waals surface area contributed by atoms with Crippen LogP contribution in [0.3, 0.4) is 0 Å². The fourth-order valence-electron chi connectivity index (χ4n) is 2.18. The number of amides is 1. The molecule has 0 aliphatic rings. The maximum Gasteiger partial charge on any atom is 0.252 e. The zero-order chi connectivity index (χ0) is 15.6. The first-order valence-electron chi connectivity index (χ1n) is 6.93. The third-order valence-corrected chi connectivity index (χ3v) is 4.50. The quantitative estimate of drug-likeness (QED) is 0.886. The van der Waals surface area contributed by atoms with Gasteiger partial charge in [0.15, 0.2) is 0 Å². The summed E-state index contributed by atoms with van der Waals surface area (Å²) in [5.74, 6) is -0.179.